The molecule has 1 aliphatic heterocycles. The number of hydrogen-bond donors (Lipinski definition) is 3. The fraction of sp³-hybridized carbons (Fsp3) is 0.941. The molecular weight excluding hydrogens is 278 g/mol. The number of carbonyl (C=O) groups excluding carboxylic acids is 1. The molecule has 124 valence electrons. The molecule has 4 rings (SSSR count). The molecule has 6 atom stereocenters. The second-order valence-electron chi connectivity index (χ2n) is 8.03. The van der Waals surface area contributed by atoms with E-state index in [0.717, 1.165) is 19.0 Å². The third kappa shape index (κ3) is 2.62. The maximum atomic E-state index is 12.4. The predicted molar refractivity (Wildman–Crippen MR) is 84.5 cm³/mol. The Kier molecular flexibility index (Phi) is 3.81. The van der Waals surface area contributed by atoms with Crippen molar-refractivity contribution in [1.29, 1.82) is 0 Å². The highest BCUT2D eigenvalue weighted by Gasteiger charge is 2.48. The molecule has 4 fully saturated rings. The molecule has 6 unspecified atom stereocenters. The van der Waals surface area contributed by atoms with Crippen molar-refractivity contribution in [3.05, 3.63) is 0 Å². The molecule has 0 radical (unpaired) electrons. The average molecular weight is 307 g/mol. The van der Waals surface area contributed by atoms with Crippen LogP contribution in [0.4, 0.5) is 4.79 Å². The highest BCUT2D eigenvalue weighted by molar-refractivity contribution is 5.74. The topological polar surface area (TPSA) is 64.6 Å². The van der Waals surface area contributed by atoms with E-state index >= 15 is 0 Å². The molecule has 3 saturated carbocycles. The van der Waals surface area contributed by atoms with E-state index in [1.165, 1.54) is 32.1 Å². The van der Waals surface area contributed by atoms with Crippen molar-refractivity contribution in [2.75, 3.05) is 13.2 Å². The van der Waals surface area contributed by atoms with E-state index in [1.54, 1.807) is 0 Å². The van der Waals surface area contributed by atoms with Gasteiger partial charge in [-0.15, -0.1) is 0 Å². The Balaban J connectivity index is 1.30. The van der Waals surface area contributed by atoms with Gasteiger partial charge in [-0.1, -0.05) is 0 Å². The van der Waals surface area contributed by atoms with Gasteiger partial charge in [0.1, 0.15) is 0 Å². The second kappa shape index (κ2) is 5.68. The number of likely N-dealkylation sites (tertiary alicyclic amines) is 1. The lowest BCUT2D eigenvalue weighted by atomic mass is 9.85. The predicted octanol–water partition coefficient (Wildman–Crippen LogP) is 1.32. The fourth-order valence-electron chi connectivity index (χ4n) is 5.35. The van der Waals surface area contributed by atoms with E-state index in [1.807, 2.05) is 0 Å². The number of nitrogens with zero attached hydrogens (tertiary/aromatic N) is 1. The monoisotopic (exact) mass is 307 g/mol. The summed E-state index contributed by atoms with van der Waals surface area (Å²) in [6, 6.07) is 1.80. The standard InChI is InChI=1S/C17H29N3O2/c1-10-6-13(8-20(10)14-4-5-14)18-17(22)19-16-12-3-2-11(7-12)15(16)9-21/h10-16,21H,2-9H2,1H3,(H2,18,19,22). The Labute approximate surface area is 132 Å². The molecule has 4 aliphatic rings. The van der Waals surface area contributed by atoms with Gasteiger partial charge in [-0.3, -0.25) is 4.90 Å². The van der Waals surface area contributed by atoms with Crippen molar-refractivity contribution < 1.29 is 9.90 Å². The van der Waals surface area contributed by atoms with Gasteiger partial charge in [0.15, 0.2) is 0 Å². The number of carbonyl (C=O) groups is 1. The normalized spacial score (nSPS) is 44.5. The smallest absolute Gasteiger partial charge is 0.315 e. The number of rotatable bonds is 4. The van der Waals surface area contributed by atoms with Gasteiger partial charge >= 0.3 is 6.03 Å². The van der Waals surface area contributed by atoms with Crippen LogP contribution in [0.2, 0.25) is 0 Å². The summed E-state index contributed by atoms with van der Waals surface area (Å²) < 4.78 is 0. The molecule has 2 bridgehead atoms. The molecule has 0 spiro atoms. The van der Waals surface area contributed by atoms with Gasteiger partial charge in [-0.2, -0.15) is 0 Å². The van der Waals surface area contributed by atoms with Gasteiger partial charge in [0, 0.05) is 43.2 Å². The average Bonchev–Trinajstić information content (AvgIpc) is 2.97. The lowest BCUT2D eigenvalue weighted by Gasteiger charge is -2.31. The zero-order chi connectivity index (χ0) is 15.3. The largest absolute Gasteiger partial charge is 0.396 e. The van der Waals surface area contributed by atoms with Crippen LogP contribution in [-0.2, 0) is 0 Å². The van der Waals surface area contributed by atoms with Gasteiger partial charge in [-0.25, -0.2) is 4.79 Å². The summed E-state index contributed by atoms with van der Waals surface area (Å²) >= 11 is 0. The van der Waals surface area contributed by atoms with Crippen LogP contribution in [0.3, 0.4) is 0 Å². The number of fused-ring (bicyclic) bond motifs is 2. The van der Waals surface area contributed by atoms with Crippen LogP contribution in [0.1, 0.15) is 45.4 Å². The summed E-state index contributed by atoms with van der Waals surface area (Å²) in [7, 11) is 0. The fourth-order valence-corrected chi connectivity index (χ4v) is 5.35. The van der Waals surface area contributed by atoms with E-state index < -0.39 is 0 Å². The van der Waals surface area contributed by atoms with E-state index in [-0.39, 0.29) is 30.6 Å². The van der Waals surface area contributed by atoms with E-state index in [9.17, 15) is 9.90 Å². The van der Waals surface area contributed by atoms with Gasteiger partial charge in [0.25, 0.3) is 0 Å². The molecule has 0 aromatic rings. The van der Waals surface area contributed by atoms with Crippen molar-refractivity contribution in [3.63, 3.8) is 0 Å². The molecular formula is C17H29N3O2. The first-order valence-corrected chi connectivity index (χ1v) is 9.09. The van der Waals surface area contributed by atoms with E-state index in [2.05, 4.69) is 22.5 Å². The maximum absolute atomic E-state index is 12.4. The quantitative estimate of drug-likeness (QED) is 0.734. The van der Waals surface area contributed by atoms with Crippen molar-refractivity contribution >= 4 is 6.03 Å². The van der Waals surface area contributed by atoms with E-state index in [0.29, 0.717) is 17.9 Å². The van der Waals surface area contributed by atoms with Crippen molar-refractivity contribution in [2.45, 2.75) is 69.6 Å². The Morgan fingerprint density at radius 2 is 1.91 bits per heavy atom. The highest BCUT2D eigenvalue weighted by atomic mass is 16.3. The summed E-state index contributed by atoms with van der Waals surface area (Å²) in [4.78, 5) is 14.9. The van der Waals surface area contributed by atoms with Crippen molar-refractivity contribution in [2.24, 2.45) is 17.8 Å². The van der Waals surface area contributed by atoms with Crippen LogP contribution >= 0.6 is 0 Å². The number of hydrogen-bond acceptors (Lipinski definition) is 3. The Morgan fingerprint density at radius 3 is 2.64 bits per heavy atom. The number of urea groups is 1. The number of aliphatic hydroxyl groups is 1. The third-order valence-corrected chi connectivity index (χ3v) is 6.57. The molecule has 2 amide bonds. The molecule has 0 aromatic carbocycles. The lowest BCUT2D eigenvalue weighted by Crippen LogP contribution is -2.51. The summed E-state index contributed by atoms with van der Waals surface area (Å²) in [6.45, 7) is 3.48. The summed E-state index contributed by atoms with van der Waals surface area (Å²) in [5.74, 6) is 1.48. The molecule has 3 aliphatic carbocycles. The van der Waals surface area contributed by atoms with Crippen LogP contribution in [0, 0.1) is 17.8 Å². The minimum atomic E-state index is -0.0224. The van der Waals surface area contributed by atoms with Gasteiger partial charge in [0.05, 0.1) is 0 Å². The maximum Gasteiger partial charge on any atom is 0.315 e. The molecule has 5 nitrogen and oxygen atoms in total. The Hall–Kier alpha value is -0.810. The summed E-state index contributed by atoms with van der Waals surface area (Å²) in [5, 5.41) is 16.0. The van der Waals surface area contributed by atoms with Crippen LogP contribution < -0.4 is 10.6 Å². The van der Waals surface area contributed by atoms with Gasteiger partial charge in [0.2, 0.25) is 0 Å². The number of amides is 2. The molecule has 1 heterocycles. The minimum absolute atomic E-state index is 0.0224. The van der Waals surface area contributed by atoms with Crippen molar-refractivity contribution in [3.8, 4) is 0 Å². The second-order valence-corrected chi connectivity index (χ2v) is 8.03. The SMILES string of the molecule is CC1CC(NC(=O)NC2C3CCC(C3)C2CO)CN1C1CC1. The Morgan fingerprint density at radius 1 is 1.14 bits per heavy atom. The molecule has 0 aromatic heterocycles. The lowest BCUT2D eigenvalue weighted by molar-refractivity contribution is 0.144. The molecule has 5 heteroatoms. The summed E-state index contributed by atoms with van der Waals surface area (Å²) in [6.07, 6.45) is 7.34. The highest BCUT2D eigenvalue weighted by Crippen LogP contribution is 2.48. The minimum Gasteiger partial charge on any atom is -0.396 e. The molecule has 1 saturated heterocycles. The van der Waals surface area contributed by atoms with Gasteiger partial charge in [-0.05, 0) is 57.3 Å². The van der Waals surface area contributed by atoms with Crippen LogP contribution in [0.15, 0.2) is 0 Å². The first-order chi connectivity index (χ1) is 10.7. The van der Waals surface area contributed by atoms with Gasteiger partial charge < -0.3 is 15.7 Å². The molecule has 3 N–H and O–H groups in total. The zero-order valence-electron chi connectivity index (χ0n) is 13.5. The van der Waals surface area contributed by atoms with Crippen molar-refractivity contribution in [1.82, 2.24) is 15.5 Å². The Bertz CT molecular complexity index is 440. The number of aliphatic hydroxyl groups excluding tert-OH is 1. The van der Waals surface area contributed by atoms with Crippen LogP contribution in [0.5, 0.6) is 0 Å². The first kappa shape index (κ1) is 14.8. The third-order valence-electron chi connectivity index (χ3n) is 6.57. The molecule has 22 heavy (non-hydrogen) atoms. The van der Waals surface area contributed by atoms with Crippen LogP contribution in [0.25, 0.3) is 0 Å². The van der Waals surface area contributed by atoms with E-state index in [4.69, 9.17) is 0 Å². The van der Waals surface area contributed by atoms with Crippen LogP contribution in [-0.4, -0.2) is 53.4 Å². The number of nitrogens with one attached hydrogen (secondary N) is 2. The first-order valence-electron chi connectivity index (χ1n) is 9.09. The zero-order valence-corrected chi connectivity index (χ0v) is 13.5. The summed E-state index contributed by atoms with van der Waals surface area (Å²) in [5.41, 5.74) is 0.